The largest absolute Gasteiger partial charge is 0.338 e. The van der Waals surface area contributed by atoms with Crippen LogP contribution in [0.25, 0.3) is 0 Å². The van der Waals surface area contributed by atoms with Gasteiger partial charge in [-0.15, -0.1) is 11.8 Å². The van der Waals surface area contributed by atoms with Gasteiger partial charge in [-0.1, -0.05) is 35.3 Å². The van der Waals surface area contributed by atoms with Crippen LogP contribution in [0.4, 0.5) is 0 Å². The lowest BCUT2D eigenvalue weighted by Crippen LogP contribution is -2.51. The molecule has 142 valence electrons. The van der Waals surface area contributed by atoms with E-state index in [1.54, 1.807) is 46.0 Å². The van der Waals surface area contributed by atoms with Crippen molar-refractivity contribution < 1.29 is 9.59 Å². The summed E-state index contributed by atoms with van der Waals surface area (Å²) in [6.45, 7) is 2.01. The van der Waals surface area contributed by atoms with E-state index in [9.17, 15) is 9.59 Å². The summed E-state index contributed by atoms with van der Waals surface area (Å²) in [5.74, 6) is 1.05. The molecule has 0 saturated carbocycles. The van der Waals surface area contributed by atoms with Gasteiger partial charge in [0.1, 0.15) is 0 Å². The maximum absolute atomic E-state index is 12.6. The summed E-state index contributed by atoms with van der Waals surface area (Å²) in [6.07, 6.45) is 1.75. The van der Waals surface area contributed by atoms with Gasteiger partial charge in [0.05, 0.1) is 27.1 Å². The van der Waals surface area contributed by atoms with Gasteiger partial charge in [-0.2, -0.15) is 0 Å². The van der Waals surface area contributed by atoms with E-state index in [0.717, 1.165) is 5.69 Å². The Morgan fingerprint density at radius 1 is 1.00 bits per heavy atom. The number of rotatable bonds is 5. The van der Waals surface area contributed by atoms with Gasteiger partial charge in [0, 0.05) is 38.1 Å². The second kappa shape index (κ2) is 9.44. The molecule has 0 spiro atoms. The minimum Gasteiger partial charge on any atom is -0.338 e. The van der Waals surface area contributed by atoms with Gasteiger partial charge < -0.3 is 9.80 Å². The fourth-order valence-electron chi connectivity index (χ4n) is 2.82. The number of carbonyl (C=O) groups excluding carboxylic acids is 2. The first kappa shape index (κ1) is 20.0. The molecule has 27 heavy (non-hydrogen) atoms. The number of nitrogens with zero attached hydrogens (tertiary/aromatic N) is 3. The van der Waals surface area contributed by atoms with Crippen molar-refractivity contribution in [3.8, 4) is 0 Å². The van der Waals surface area contributed by atoms with Crippen molar-refractivity contribution in [3.63, 3.8) is 0 Å². The van der Waals surface area contributed by atoms with Crippen molar-refractivity contribution in [2.24, 2.45) is 0 Å². The lowest BCUT2D eigenvalue weighted by Gasteiger charge is -2.35. The molecule has 0 bridgehead atoms. The van der Waals surface area contributed by atoms with Crippen LogP contribution in [0, 0.1) is 0 Å². The summed E-state index contributed by atoms with van der Waals surface area (Å²) in [4.78, 5) is 32.8. The molecule has 0 N–H and O–H groups in total. The van der Waals surface area contributed by atoms with Gasteiger partial charge in [-0.25, -0.2) is 0 Å². The van der Waals surface area contributed by atoms with Crippen LogP contribution in [-0.4, -0.2) is 58.5 Å². The quantitative estimate of drug-likeness (QED) is 0.736. The molecule has 8 heteroatoms. The topological polar surface area (TPSA) is 53.5 Å². The SMILES string of the molecule is O=C(CSCc1ccccn1)N1CCN(C(=O)c2cccc(Cl)c2Cl)CC1. The van der Waals surface area contributed by atoms with Crippen LogP contribution in [0.15, 0.2) is 42.6 Å². The Labute approximate surface area is 172 Å². The van der Waals surface area contributed by atoms with Crippen LogP contribution in [0.3, 0.4) is 0 Å². The summed E-state index contributed by atoms with van der Waals surface area (Å²) in [7, 11) is 0. The minimum atomic E-state index is -0.154. The van der Waals surface area contributed by atoms with Gasteiger partial charge in [0.15, 0.2) is 0 Å². The number of carbonyl (C=O) groups is 2. The average Bonchev–Trinajstić information content (AvgIpc) is 2.70. The maximum Gasteiger partial charge on any atom is 0.255 e. The predicted octanol–water partition coefficient (Wildman–Crippen LogP) is 3.61. The van der Waals surface area contributed by atoms with Crippen molar-refractivity contribution in [3.05, 3.63) is 63.9 Å². The van der Waals surface area contributed by atoms with Gasteiger partial charge in [0.25, 0.3) is 5.91 Å². The van der Waals surface area contributed by atoms with Crippen molar-refractivity contribution in [1.29, 1.82) is 0 Å². The van der Waals surface area contributed by atoms with E-state index in [0.29, 0.717) is 48.3 Å². The predicted molar refractivity (Wildman–Crippen MR) is 109 cm³/mol. The molecule has 3 rings (SSSR count). The molecule has 1 aliphatic heterocycles. The first-order valence-corrected chi connectivity index (χ1v) is 10.5. The molecule has 0 radical (unpaired) electrons. The van der Waals surface area contributed by atoms with E-state index >= 15 is 0 Å². The number of thioether (sulfide) groups is 1. The number of halogens is 2. The lowest BCUT2D eigenvalue weighted by atomic mass is 10.1. The summed E-state index contributed by atoms with van der Waals surface area (Å²) in [5, 5.41) is 0.634. The molecule has 2 aromatic rings. The fraction of sp³-hybridized carbons (Fsp3) is 0.316. The van der Waals surface area contributed by atoms with E-state index < -0.39 is 0 Å². The van der Waals surface area contributed by atoms with Crippen LogP contribution < -0.4 is 0 Å². The third kappa shape index (κ3) is 5.15. The molecule has 2 amide bonds. The Kier molecular flexibility index (Phi) is 6.99. The number of amides is 2. The highest BCUT2D eigenvalue weighted by molar-refractivity contribution is 7.99. The summed E-state index contributed by atoms with van der Waals surface area (Å²) in [6, 6.07) is 10.8. The van der Waals surface area contributed by atoms with Crippen LogP contribution in [0.1, 0.15) is 16.1 Å². The molecule has 1 aliphatic rings. The molecular formula is C19H19Cl2N3O2S. The van der Waals surface area contributed by atoms with Gasteiger partial charge in [0.2, 0.25) is 5.91 Å². The van der Waals surface area contributed by atoms with Gasteiger partial charge in [-0.05, 0) is 24.3 Å². The van der Waals surface area contributed by atoms with Crippen LogP contribution >= 0.6 is 35.0 Å². The number of pyridine rings is 1. The monoisotopic (exact) mass is 423 g/mol. The van der Waals surface area contributed by atoms with Crippen molar-refractivity contribution in [1.82, 2.24) is 14.8 Å². The third-order valence-corrected chi connectivity index (χ3v) is 6.07. The van der Waals surface area contributed by atoms with E-state index in [1.807, 2.05) is 18.2 Å². The van der Waals surface area contributed by atoms with Crippen molar-refractivity contribution >= 4 is 46.8 Å². The van der Waals surface area contributed by atoms with E-state index in [4.69, 9.17) is 23.2 Å². The molecule has 5 nitrogen and oxygen atoms in total. The Hall–Kier alpha value is -1.76. The molecule has 0 aliphatic carbocycles. The number of aromatic nitrogens is 1. The summed E-state index contributed by atoms with van der Waals surface area (Å²) >= 11 is 13.7. The molecule has 1 aromatic carbocycles. The molecule has 1 fully saturated rings. The first-order valence-electron chi connectivity index (χ1n) is 8.55. The van der Waals surface area contributed by atoms with E-state index in [-0.39, 0.29) is 16.8 Å². The highest BCUT2D eigenvalue weighted by Gasteiger charge is 2.26. The van der Waals surface area contributed by atoms with Crippen LogP contribution in [0.2, 0.25) is 10.0 Å². The normalized spacial score (nSPS) is 14.3. The van der Waals surface area contributed by atoms with Crippen molar-refractivity contribution in [2.45, 2.75) is 5.75 Å². The van der Waals surface area contributed by atoms with Crippen LogP contribution in [-0.2, 0) is 10.5 Å². The molecule has 1 saturated heterocycles. The number of hydrogen-bond acceptors (Lipinski definition) is 4. The zero-order valence-corrected chi connectivity index (χ0v) is 16.9. The third-order valence-electron chi connectivity index (χ3n) is 4.30. The number of benzene rings is 1. The molecule has 2 heterocycles. The Balaban J connectivity index is 1.47. The first-order chi connectivity index (χ1) is 13.1. The Morgan fingerprint density at radius 3 is 2.44 bits per heavy atom. The highest BCUT2D eigenvalue weighted by Crippen LogP contribution is 2.26. The van der Waals surface area contributed by atoms with Crippen molar-refractivity contribution in [2.75, 3.05) is 31.9 Å². The second-order valence-corrected chi connectivity index (χ2v) is 7.86. The lowest BCUT2D eigenvalue weighted by molar-refractivity contribution is -0.129. The highest BCUT2D eigenvalue weighted by atomic mass is 35.5. The van der Waals surface area contributed by atoms with Crippen LogP contribution in [0.5, 0.6) is 0 Å². The standard InChI is InChI=1S/C19H19Cl2N3O2S/c20-16-6-3-5-15(18(16)21)19(26)24-10-8-23(9-11-24)17(25)13-27-12-14-4-1-2-7-22-14/h1-7H,8-13H2. The number of hydrogen-bond donors (Lipinski definition) is 0. The maximum atomic E-state index is 12.6. The zero-order chi connectivity index (χ0) is 19.2. The molecule has 0 unspecified atom stereocenters. The van der Waals surface area contributed by atoms with Gasteiger partial charge >= 0.3 is 0 Å². The molecular weight excluding hydrogens is 405 g/mol. The Morgan fingerprint density at radius 2 is 1.74 bits per heavy atom. The number of piperazine rings is 1. The minimum absolute atomic E-state index is 0.0869. The molecule has 0 atom stereocenters. The summed E-state index contributed by atoms with van der Waals surface area (Å²) in [5.41, 5.74) is 1.36. The fourth-order valence-corrected chi connectivity index (χ4v) is 4.04. The Bertz CT molecular complexity index is 812. The average molecular weight is 424 g/mol. The second-order valence-electron chi connectivity index (χ2n) is 6.09. The molecule has 1 aromatic heterocycles. The van der Waals surface area contributed by atoms with E-state index in [2.05, 4.69) is 4.98 Å². The van der Waals surface area contributed by atoms with E-state index in [1.165, 1.54) is 0 Å². The van der Waals surface area contributed by atoms with Gasteiger partial charge in [-0.3, -0.25) is 14.6 Å². The smallest absolute Gasteiger partial charge is 0.255 e. The summed E-state index contributed by atoms with van der Waals surface area (Å²) < 4.78 is 0. The zero-order valence-electron chi connectivity index (χ0n) is 14.6.